The zero-order chi connectivity index (χ0) is 8.85. The molecule has 0 aliphatic carbocycles. The lowest BCUT2D eigenvalue weighted by Crippen LogP contribution is -1.85. The van der Waals surface area contributed by atoms with Crippen molar-refractivity contribution in [1.29, 1.82) is 0 Å². The minimum Gasteiger partial charge on any atom is -0.0892 e. The lowest BCUT2D eigenvalue weighted by molar-refractivity contribution is 0.809. The summed E-state index contributed by atoms with van der Waals surface area (Å²) in [5.74, 6) is 0.401. The number of hydrogen-bond donors (Lipinski definition) is 0. The number of hydrogen-bond acceptors (Lipinski definition) is 0. The molecule has 0 unspecified atom stereocenters. The van der Waals surface area contributed by atoms with Gasteiger partial charge in [0.15, 0.2) is 0 Å². The van der Waals surface area contributed by atoms with E-state index in [0.29, 0.717) is 5.92 Å². The molecule has 0 fully saturated rings. The minimum absolute atomic E-state index is 0.401. The third-order valence-electron chi connectivity index (χ3n) is 1.36. The van der Waals surface area contributed by atoms with Crippen LogP contribution in [-0.4, -0.2) is 0 Å². The summed E-state index contributed by atoms with van der Waals surface area (Å²) < 4.78 is 0. The normalized spacial score (nSPS) is 14.4. The van der Waals surface area contributed by atoms with E-state index in [-0.39, 0.29) is 0 Å². The summed E-state index contributed by atoms with van der Waals surface area (Å²) in [6, 6.07) is 0. The van der Waals surface area contributed by atoms with Crippen molar-refractivity contribution in [1.82, 2.24) is 0 Å². The predicted octanol–water partition coefficient (Wildman–Crippen LogP) is 4.30. The average molecular weight is 193 g/mol. The van der Waals surface area contributed by atoms with Crippen molar-refractivity contribution in [3.63, 3.8) is 0 Å². The highest BCUT2D eigenvalue weighted by Gasteiger charge is 1.97. The molecule has 0 atom stereocenters. The molecule has 0 heterocycles. The summed E-state index contributed by atoms with van der Waals surface area (Å²) in [6.45, 7) is 6.03. The van der Waals surface area contributed by atoms with Crippen LogP contribution >= 0.6 is 23.2 Å². The van der Waals surface area contributed by atoms with E-state index >= 15 is 0 Å². The van der Waals surface area contributed by atoms with E-state index in [1.165, 1.54) is 0 Å². The zero-order valence-corrected chi connectivity index (χ0v) is 8.71. The fraction of sp³-hybridized carbons (Fsp3) is 0.556. The molecule has 0 nitrogen and oxygen atoms in total. The van der Waals surface area contributed by atoms with Crippen molar-refractivity contribution >= 4 is 23.2 Å². The fourth-order valence-electron chi connectivity index (χ4n) is 0.549. The van der Waals surface area contributed by atoms with Gasteiger partial charge in [0.2, 0.25) is 0 Å². The second kappa shape index (κ2) is 5.68. The van der Waals surface area contributed by atoms with E-state index in [2.05, 4.69) is 13.8 Å². The van der Waals surface area contributed by atoms with Crippen molar-refractivity contribution in [3.05, 3.63) is 22.2 Å². The van der Waals surface area contributed by atoms with Crippen LogP contribution in [0, 0.1) is 5.92 Å². The largest absolute Gasteiger partial charge is 0.0892 e. The van der Waals surface area contributed by atoms with E-state index in [1.807, 2.05) is 19.1 Å². The van der Waals surface area contributed by atoms with Crippen molar-refractivity contribution in [2.75, 3.05) is 0 Å². The summed E-state index contributed by atoms with van der Waals surface area (Å²) in [5.41, 5.74) is 0. The molecule has 0 amide bonds. The predicted molar refractivity (Wildman–Crippen MR) is 53.0 cm³/mol. The van der Waals surface area contributed by atoms with Crippen LogP contribution in [0.5, 0.6) is 0 Å². The van der Waals surface area contributed by atoms with Crippen LogP contribution in [0.1, 0.15) is 27.2 Å². The van der Waals surface area contributed by atoms with Crippen LogP contribution in [0.15, 0.2) is 22.2 Å². The maximum Gasteiger partial charge on any atom is 0.0176 e. The lowest BCUT2D eigenvalue weighted by atomic mass is 10.2. The summed E-state index contributed by atoms with van der Waals surface area (Å²) in [7, 11) is 0. The Bertz CT molecular complexity index is 166. The lowest BCUT2D eigenvalue weighted by Gasteiger charge is -2.01. The maximum atomic E-state index is 5.89. The molecule has 64 valence electrons. The van der Waals surface area contributed by atoms with E-state index in [4.69, 9.17) is 23.2 Å². The molecule has 0 radical (unpaired) electrons. The van der Waals surface area contributed by atoms with Crippen LogP contribution < -0.4 is 0 Å². The van der Waals surface area contributed by atoms with Gasteiger partial charge in [0.25, 0.3) is 0 Å². The van der Waals surface area contributed by atoms with Crippen LogP contribution in [0.25, 0.3) is 0 Å². The molecule has 0 bridgehead atoms. The summed E-state index contributed by atoms with van der Waals surface area (Å²) in [5, 5.41) is 1.72. The molecule has 0 saturated carbocycles. The zero-order valence-electron chi connectivity index (χ0n) is 7.20. The molecule has 0 aliphatic heterocycles. The molecule has 0 aromatic heterocycles. The molecule has 0 aliphatic rings. The van der Waals surface area contributed by atoms with Gasteiger partial charge in [-0.25, -0.2) is 0 Å². The highest BCUT2D eigenvalue weighted by atomic mass is 35.5. The van der Waals surface area contributed by atoms with Gasteiger partial charge in [-0.05, 0) is 12.8 Å². The first-order valence-electron chi connectivity index (χ1n) is 3.74. The second-order valence-electron chi connectivity index (χ2n) is 2.68. The van der Waals surface area contributed by atoms with Gasteiger partial charge in [-0.15, -0.1) is 0 Å². The van der Waals surface area contributed by atoms with Gasteiger partial charge in [-0.2, -0.15) is 0 Å². The van der Waals surface area contributed by atoms with E-state index in [9.17, 15) is 0 Å². The van der Waals surface area contributed by atoms with Crippen LogP contribution in [-0.2, 0) is 0 Å². The van der Waals surface area contributed by atoms with Crippen molar-refractivity contribution in [3.8, 4) is 0 Å². The third-order valence-corrected chi connectivity index (χ3v) is 2.32. The molecule has 0 aromatic carbocycles. The van der Waals surface area contributed by atoms with Gasteiger partial charge in [0.05, 0.1) is 0 Å². The standard InChI is InChI=1S/C9H14Cl2/c1-4-8(10)5-6-9(11)7(2)3/h4,6-7H,5H2,1-3H3/b8-4+,9-6+. The van der Waals surface area contributed by atoms with Crippen LogP contribution in [0.4, 0.5) is 0 Å². The van der Waals surface area contributed by atoms with E-state index < -0.39 is 0 Å². The van der Waals surface area contributed by atoms with Gasteiger partial charge in [-0.3, -0.25) is 0 Å². The Morgan fingerprint density at radius 1 is 1.36 bits per heavy atom. The monoisotopic (exact) mass is 192 g/mol. The van der Waals surface area contributed by atoms with E-state index in [1.54, 1.807) is 0 Å². The maximum absolute atomic E-state index is 5.89. The summed E-state index contributed by atoms with van der Waals surface area (Å²) >= 11 is 11.7. The summed E-state index contributed by atoms with van der Waals surface area (Å²) in [6.07, 6.45) is 4.58. The minimum atomic E-state index is 0.401. The van der Waals surface area contributed by atoms with Gasteiger partial charge in [0, 0.05) is 16.5 Å². The van der Waals surface area contributed by atoms with Gasteiger partial charge >= 0.3 is 0 Å². The fourth-order valence-corrected chi connectivity index (χ4v) is 0.703. The Balaban J connectivity index is 3.92. The SMILES string of the molecule is C/C=C(/Cl)C/C=C(/Cl)C(C)C. The Morgan fingerprint density at radius 3 is 2.27 bits per heavy atom. The molecule has 0 N–H and O–H groups in total. The number of allylic oxidation sites excluding steroid dienone is 4. The first-order valence-corrected chi connectivity index (χ1v) is 4.49. The van der Waals surface area contributed by atoms with Crippen molar-refractivity contribution < 1.29 is 0 Å². The molecule has 2 heteroatoms. The first kappa shape index (κ1) is 11.1. The molecule has 0 aromatic rings. The van der Waals surface area contributed by atoms with E-state index in [0.717, 1.165) is 16.5 Å². The molecule has 0 spiro atoms. The molecular formula is C9H14Cl2. The highest BCUT2D eigenvalue weighted by molar-refractivity contribution is 6.31. The Hall–Kier alpha value is 0.0600. The Labute approximate surface area is 78.9 Å². The van der Waals surface area contributed by atoms with Gasteiger partial charge < -0.3 is 0 Å². The Kier molecular flexibility index (Phi) is 5.71. The molecular weight excluding hydrogens is 179 g/mol. The van der Waals surface area contributed by atoms with Crippen LogP contribution in [0.2, 0.25) is 0 Å². The quantitative estimate of drug-likeness (QED) is 0.626. The Morgan fingerprint density at radius 2 is 1.91 bits per heavy atom. The molecule has 0 saturated heterocycles. The van der Waals surface area contributed by atoms with Crippen molar-refractivity contribution in [2.24, 2.45) is 5.92 Å². The van der Waals surface area contributed by atoms with Gasteiger partial charge in [0.1, 0.15) is 0 Å². The highest BCUT2D eigenvalue weighted by Crippen LogP contribution is 2.17. The molecule has 11 heavy (non-hydrogen) atoms. The second-order valence-corrected chi connectivity index (χ2v) is 3.61. The number of halogens is 2. The first-order chi connectivity index (χ1) is 5.07. The topological polar surface area (TPSA) is 0 Å². The average Bonchev–Trinajstić information content (AvgIpc) is 1.99. The summed E-state index contributed by atoms with van der Waals surface area (Å²) in [4.78, 5) is 0. The number of rotatable bonds is 3. The van der Waals surface area contributed by atoms with Crippen LogP contribution in [0.3, 0.4) is 0 Å². The third kappa shape index (κ3) is 5.34. The van der Waals surface area contributed by atoms with Gasteiger partial charge in [-0.1, -0.05) is 49.2 Å². The molecule has 0 rings (SSSR count). The smallest absolute Gasteiger partial charge is 0.0176 e. The van der Waals surface area contributed by atoms with Crippen molar-refractivity contribution in [2.45, 2.75) is 27.2 Å².